The lowest BCUT2D eigenvalue weighted by atomic mass is 10.1. The number of carbonyl (C=O) groups is 1. The molecule has 0 aromatic rings. The van der Waals surface area contributed by atoms with Crippen molar-refractivity contribution >= 4 is 5.78 Å². The Balaban J connectivity index is 3.41. The van der Waals surface area contributed by atoms with Crippen LogP contribution in [0.25, 0.3) is 0 Å². The second-order valence-corrected chi connectivity index (χ2v) is 2.28. The van der Waals surface area contributed by atoms with E-state index in [-0.39, 0.29) is 0 Å². The zero-order valence-corrected chi connectivity index (χ0v) is 6.21. The van der Waals surface area contributed by atoms with Crippen LogP contribution in [0.4, 0.5) is 0 Å². The highest BCUT2D eigenvalue weighted by Crippen LogP contribution is 2.00. The molecule has 0 saturated heterocycles. The van der Waals surface area contributed by atoms with Crippen LogP contribution in [-0.4, -0.2) is 28.7 Å². The van der Waals surface area contributed by atoms with Gasteiger partial charge in [0.05, 0.1) is 0 Å². The van der Waals surface area contributed by atoms with E-state index in [1.807, 2.05) is 6.92 Å². The normalized spacial score (nSPS) is 13.1. The highest BCUT2D eigenvalue weighted by molar-refractivity contribution is 5.83. The smallest absolute Gasteiger partial charge is 0.186 e. The number of hydrogen-bond donors (Lipinski definition) is 2. The summed E-state index contributed by atoms with van der Waals surface area (Å²) in [6.45, 7) is 1.43. The first-order valence-electron chi connectivity index (χ1n) is 3.54. The summed E-state index contributed by atoms with van der Waals surface area (Å²) in [5, 5.41) is 17.2. The van der Waals surface area contributed by atoms with E-state index in [9.17, 15) is 4.79 Å². The topological polar surface area (TPSA) is 57.5 Å². The second-order valence-electron chi connectivity index (χ2n) is 2.28. The lowest BCUT2D eigenvalue weighted by Gasteiger charge is -2.04. The summed E-state index contributed by atoms with van der Waals surface area (Å²) in [7, 11) is 0. The standard InChI is InChI=1S/C7H14O3/c1-2-3-4-6(9)7(10)5-8/h6,8-9H,2-5H2,1H3/t6-/m0/s1. The van der Waals surface area contributed by atoms with Gasteiger partial charge in [-0.3, -0.25) is 4.79 Å². The number of ketones is 1. The van der Waals surface area contributed by atoms with Crippen molar-refractivity contribution in [3.05, 3.63) is 0 Å². The average Bonchev–Trinajstić information content (AvgIpc) is 1.98. The molecule has 3 nitrogen and oxygen atoms in total. The molecule has 0 aliphatic heterocycles. The molecule has 0 radical (unpaired) electrons. The van der Waals surface area contributed by atoms with Gasteiger partial charge in [0.1, 0.15) is 12.7 Å². The summed E-state index contributed by atoms with van der Waals surface area (Å²) in [4.78, 5) is 10.5. The summed E-state index contributed by atoms with van der Waals surface area (Å²) >= 11 is 0. The quantitative estimate of drug-likeness (QED) is 0.578. The molecule has 0 bridgehead atoms. The van der Waals surface area contributed by atoms with Crippen LogP contribution in [0.5, 0.6) is 0 Å². The van der Waals surface area contributed by atoms with Crippen molar-refractivity contribution < 1.29 is 15.0 Å². The number of Topliss-reactive ketones (excluding diaryl/α,β-unsaturated/α-hetero) is 1. The Kier molecular flexibility index (Phi) is 5.16. The number of aliphatic hydroxyl groups is 2. The Morgan fingerprint density at radius 3 is 2.60 bits per heavy atom. The van der Waals surface area contributed by atoms with Crippen molar-refractivity contribution in [1.82, 2.24) is 0 Å². The molecule has 2 N–H and O–H groups in total. The first-order valence-corrected chi connectivity index (χ1v) is 3.54. The summed E-state index contributed by atoms with van der Waals surface area (Å²) < 4.78 is 0. The first-order chi connectivity index (χ1) is 4.72. The van der Waals surface area contributed by atoms with Crippen LogP contribution in [-0.2, 0) is 4.79 Å². The van der Waals surface area contributed by atoms with E-state index in [2.05, 4.69) is 0 Å². The Labute approximate surface area is 60.7 Å². The van der Waals surface area contributed by atoms with Crippen molar-refractivity contribution in [2.24, 2.45) is 0 Å². The number of hydrogen-bond acceptors (Lipinski definition) is 3. The summed E-state index contributed by atoms with van der Waals surface area (Å²) in [6.07, 6.45) is 1.29. The fourth-order valence-corrected chi connectivity index (χ4v) is 0.664. The van der Waals surface area contributed by atoms with Crippen LogP contribution in [0.3, 0.4) is 0 Å². The number of aliphatic hydroxyl groups excluding tert-OH is 2. The maximum atomic E-state index is 10.5. The third-order valence-electron chi connectivity index (χ3n) is 1.36. The molecule has 60 valence electrons. The minimum atomic E-state index is -0.954. The van der Waals surface area contributed by atoms with E-state index in [4.69, 9.17) is 10.2 Å². The van der Waals surface area contributed by atoms with Gasteiger partial charge in [0.25, 0.3) is 0 Å². The van der Waals surface area contributed by atoms with Crippen LogP contribution in [0, 0.1) is 0 Å². The molecule has 0 amide bonds. The van der Waals surface area contributed by atoms with Crippen LogP contribution in [0.1, 0.15) is 26.2 Å². The zero-order chi connectivity index (χ0) is 7.98. The maximum Gasteiger partial charge on any atom is 0.186 e. The Morgan fingerprint density at radius 1 is 1.60 bits per heavy atom. The van der Waals surface area contributed by atoms with E-state index in [1.54, 1.807) is 0 Å². The van der Waals surface area contributed by atoms with Crippen molar-refractivity contribution in [3.8, 4) is 0 Å². The second kappa shape index (κ2) is 5.38. The van der Waals surface area contributed by atoms with E-state index in [0.29, 0.717) is 6.42 Å². The summed E-state index contributed by atoms with van der Waals surface area (Å²) in [6, 6.07) is 0. The van der Waals surface area contributed by atoms with Gasteiger partial charge in [-0.2, -0.15) is 0 Å². The minimum Gasteiger partial charge on any atom is -0.388 e. The fourth-order valence-electron chi connectivity index (χ4n) is 0.664. The summed E-state index contributed by atoms with van der Waals surface area (Å²) in [5.74, 6) is -0.478. The number of rotatable bonds is 5. The molecule has 0 aromatic heterocycles. The Bertz CT molecular complexity index is 101. The molecule has 0 aliphatic carbocycles. The fraction of sp³-hybridized carbons (Fsp3) is 0.857. The number of unbranched alkanes of at least 4 members (excludes halogenated alkanes) is 1. The molecule has 0 fully saturated rings. The predicted octanol–water partition coefficient (Wildman–Crippen LogP) is 0.0989. The third-order valence-corrected chi connectivity index (χ3v) is 1.36. The lowest BCUT2D eigenvalue weighted by Crippen LogP contribution is -2.23. The third kappa shape index (κ3) is 3.58. The van der Waals surface area contributed by atoms with Crippen LogP contribution in [0.2, 0.25) is 0 Å². The van der Waals surface area contributed by atoms with Gasteiger partial charge in [-0.05, 0) is 6.42 Å². The first kappa shape index (κ1) is 9.59. The van der Waals surface area contributed by atoms with E-state index in [0.717, 1.165) is 12.8 Å². The molecule has 0 heterocycles. The van der Waals surface area contributed by atoms with Crippen LogP contribution < -0.4 is 0 Å². The molecule has 0 aromatic carbocycles. The van der Waals surface area contributed by atoms with Gasteiger partial charge in [-0.15, -0.1) is 0 Å². The zero-order valence-electron chi connectivity index (χ0n) is 6.21. The summed E-state index contributed by atoms with van der Waals surface area (Å²) in [5.41, 5.74) is 0. The molecule has 10 heavy (non-hydrogen) atoms. The van der Waals surface area contributed by atoms with Crippen molar-refractivity contribution in [1.29, 1.82) is 0 Å². The monoisotopic (exact) mass is 146 g/mol. The Morgan fingerprint density at radius 2 is 2.20 bits per heavy atom. The molecule has 0 spiro atoms. The van der Waals surface area contributed by atoms with Crippen molar-refractivity contribution in [2.75, 3.05) is 6.61 Å². The van der Waals surface area contributed by atoms with Crippen molar-refractivity contribution in [2.45, 2.75) is 32.3 Å². The lowest BCUT2D eigenvalue weighted by molar-refractivity contribution is -0.130. The molecule has 1 atom stereocenters. The van der Waals surface area contributed by atoms with Gasteiger partial charge >= 0.3 is 0 Å². The van der Waals surface area contributed by atoms with Crippen molar-refractivity contribution in [3.63, 3.8) is 0 Å². The van der Waals surface area contributed by atoms with E-state index in [1.165, 1.54) is 0 Å². The molecular weight excluding hydrogens is 132 g/mol. The van der Waals surface area contributed by atoms with Crippen LogP contribution in [0.15, 0.2) is 0 Å². The highest BCUT2D eigenvalue weighted by Gasteiger charge is 2.11. The van der Waals surface area contributed by atoms with Gasteiger partial charge in [-0.25, -0.2) is 0 Å². The van der Waals surface area contributed by atoms with Gasteiger partial charge in [0.2, 0.25) is 0 Å². The van der Waals surface area contributed by atoms with E-state index >= 15 is 0 Å². The maximum absolute atomic E-state index is 10.5. The van der Waals surface area contributed by atoms with Gasteiger partial charge in [-0.1, -0.05) is 19.8 Å². The van der Waals surface area contributed by atoms with Gasteiger partial charge in [0.15, 0.2) is 5.78 Å². The molecular formula is C7H14O3. The minimum absolute atomic E-state index is 0.468. The molecule has 0 rings (SSSR count). The highest BCUT2D eigenvalue weighted by atomic mass is 16.3. The SMILES string of the molecule is CCCC[C@H](O)C(=O)CO. The Hall–Kier alpha value is -0.410. The predicted molar refractivity (Wildman–Crippen MR) is 37.6 cm³/mol. The van der Waals surface area contributed by atoms with E-state index < -0.39 is 18.5 Å². The van der Waals surface area contributed by atoms with Gasteiger partial charge in [0, 0.05) is 0 Å². The largest absolute Gasteiger partial charge is 0.388 e. The molecule has 0 aliphatic rings. The average molecular weight is 146 g/mol. The molecule has 3 heteroatoms. The molecule has 0 unspecified atom stereocenters. The molecule has 0 saturated carbocycles. The number of carbonyl (C=O) groups excluding carboxylic acids is 1. The van der Waals surface area contributed by atoms with Gasteiger partial charge < -0.3 is 10.2 Å². The van der Waals surface area contributed by atoms with Crippen LogP contribution >= 0.6 is 0 Å².